The minimum atomic E-state index is -4.02. The van der Waals surface area contributed by atoms with Crippen molar-refractivity contribution in [3.8, 4) is 11.7 Å². The van der Waals surface area contributed by atoms with Gasteiger partial charge in [0.15, 0.2) is 5.82 Å². The number of benzene rings is 2. The molecule has 0 atom stereocenters. The first-order chi connectivity index (χ1) is 16.7. The first kappa shape index (κ1) is 24.8. The molecule has 0 saturated carbocycles. The number of aromatic nitrogens is 3. The van der Waals surface area contributed by atoms with Crippen molar-refractivity contribution in [2.24, 2.45) is 0 Å². The molecule has 1 aliphatic heterocycles. The van der Waals surface area contributed by atoms with Crippen LogP contribution in [-0.2, 0) is 29.8 Å². The van der Waals surface area contributed by atoms with Gasteiger partial charge in [-0.3, -0.25) is 4.55 Å². The molecule has 5 rings (SSSR count). The fourth-order valence-corrected chi connectivity index (χ4v) is 3.93. The Hall–Kier alpha value is -3.31. The Morgan fingerprint density at radius 1 is 1.14 bits per heavy atom. The summed E-state index contributed by atoms with van der Waals surface area (Å²) in [6.07, 6.45) is 1.96. The number of pyridine rings is 1. The van der Waals surface area contributed by atoms with Gasteiger partial charge in [0, 0.05) is 41.5 Å². The van der Waals surface area contributed by atoms with Crippen LogP contribution >= 0.6 is 11.6 Å². The molecule has 182 valence electrons. The quantitative estimate of drug-likeness (QED) is 0.376. The average molecular weight is 517 g/mol. The number of nitrogens with one attached hydrogen (secondary N) is 1. The van der Waals surface area contributed by atoms with Crippen LogP contribution in [0.1, 0.15) is 22.4 Å². The van der Waals surface area contributed by atoms with Crippen LogP contribution in [0.3, 0.4) is 0 Å². The molecular weight excluding hydrogens is 495 g/mol. The molecule has 0 saturated heterocycles. The van der Waals surface area contributed by atoms with Crippen LogP contribution < -0.4 is 10.1 Å². The summed E-state index contributed by atoms with van der Waals surface area (Å²) >= 11 is 5.75. The number of hydrogen-bond acceptors (Lipinski definition) is 6. The molecule has 2 N–H and O–H groups in total. The van der Waals surface area contributed by atoms with E-state index in [-0.39, 0.29) is 11.5 Å². The second-order valence-electron chi connectivity index (χ2n) is 7.80. The predicted octanol–water partition coefficient (Wildman–Crippen LogP) is 4.48. The maximum atomic E-state index is 13.8. The third-order valence-electron chi connectivity index (χ3n) is 5.14. The molecule has 0 radical (unpaired) electrons. The van der Waals surface area contributed by atoms with Gasteiger partial charge >= 0.3 is 0 Å². The van der Waals surface area contributed by atoms with E-state index in [2.05, 4.69) is 15.4 Å². The molecule has 0 aliphatic carbocycles. The van der Waals surface area contributed by atoms with Gasteiger partial charge in [0.2, 0.25) is 5.88 Å². The molecule has 0 unspecified atom stereocenters. The molecule has 0 fully saturated rings. The van der Waals surface area contributed by atoms with Crippen molar-refractivity contribution in [2.45, 2.75) is 31.5 Å². The van der Waals surface area contributed by atoms with Crippen LogP contribution in [0.15, 0.2) is 71.8 Å². The van der Waals surface area contributed by atoms with Gasteiger partial charge in [0.05, 0.1) is 10.6 Å². The highest BCUT2D eigenvalue weighted by molar-refractivity contribution is 7.85. The highest BCUT2D eigenvalue weighted by Gasteiger charge is 2.15. The number of rotatable bonds is 5. The Labute approximate surface area is 207 Å². The van der Waals surface area contributed by atoms with Crippen LogP contribution in [0.2, 0.25) is 5.02 Å². The number of halogens is 2. The summed E-state index contributed by atoms with van der Waals surface area (Å²) in [6, 6.07) is 15.9. The molecule has 0 amide bonds. The number of ether oxygens (including phenoxy) is 1. The van der Waals surface area contributed by atoms with Crippen molar-refractivity contribution in [1.82, 2.24) is 20.1 Å². The van der Waals surface area contributed by atoms with Crippen molar-refractivity contribution < 1.29 is 22.1 Å². The smallest absolute Gasteiger partial charge is 0.294 e. The Kier molecular flexibility index (Phi) is 7.46. The second-order valence-corrected chi connectivity index (χ2v) is 9.65. The maximum Gasteiger partial charge on any atom is 0.294 e. The zero-order valence-electron chi connectivity index (χ0n) is 18.6. The number of nitrogens with zero attached hydrogens (tertiary/aromatic N) is 3. The van der Waals surface area contributed by atoms with Gasteiger partial charge in [0.1, 0.15) is 12.4 Å². The van der Waals surface area contributed by atoms with Gasteiger partial charge in [-0.15, -0.1) is 0 Å². The summed E-state index contributed by atoms with van der Waals surface area (Å²) in [5.74, 6) is 0.684. The highest BCUT2D eigenvalue weighted by Crippen LogP contribution is 2.19. The third-order valence-corrected chi connectivity index (χ3v) is 6.24. The molecule has 0 spiro atoms. The molecule has 2 aromatic carbocycles. The Bertz CT molecular complexity index is 1420. The van der Waals surface area contributed by atoms with Gasteiger partial charge < -0.3 is 10.1 Å². The normalized spacial score (nSPS) is 12.6. The Morgan fingerprint density at radius 2 is 1.91 bits per heavy atom. The van der Waals surface area contributed by atoms with Gasteiger partial charge in [-0.1, -0.05) is 41.4 Å². The maximum absolute atomic E-state index is 13.8. The predicted molar refractivity (Wildman–Crippen MR) is 129 cm³/mol. The summed E-state index contributed by atoms with van der Waals surface area (Å²) < 4.78 is 50.7. The van der Waals surface area contributed by atoms with Gasteiger partial charge in [-0.25, -0.2) is 9.07 Å². The summed E-state index contributed by atoms with van der Waals surface area (Å²) in [7, 11) is -4.02. The summed E-state index contributed by atoms with van der Waals surface area (Å²) in [4.78, 5) is 4.36. The second kappa shape index (κ2) is 10.5. The molecule has 11 heteroatoms. The van der Waals surface area contributed by atoms with Crippen LogP contribution in [0, 0.1) is 12.7 Å². The SMILES string of the molecule is Cc1ccc(S(=O)(=O)O)cc1.Fc1cc(Cl)ccc1COc1cccc(-n2cc3c(n2)CNC3)n1. The third kappa shape index (κ3) is 6.43. The largest absolute Gasteiger partial charge is 0.473 e. The Balaban J connectivity index is 0.000000221. The molecular formula is C24H22ClFN4O4S. The molecule has 8 nitrogen and oxygen atoms in total. The van der Waals surface area contributed by atoms with E-state index >= 15 is 0 Å². The highest BCUT2D eigenvalue weighted by atomic mass is 35.5. The molecule has 1 aliphatic rings. The van der Waals surface area contributed by atoms with Crippen LogP contribution in [0.4, 0.5) is 4.39 Å². The van der Waals surface area contributed by atoms with E-state index in [4.69, 9.17) is 20.9 Å². The lowest BCUT2D eigenvalue weighted by atomic mass is 10.2. The lowest BCUT2D eigenvalue weighted by molar-refractivity contribution is 0.287. The minimum absolute atomic E-state index is 0.0666. The van der Waals surface area contributed by atoms with Crippen molar-refractivity contribution in [2.75, 3.05) is 0 Å². The van der Waals surface area contributed by atoms with Crippen LogP contribution in [0.25, 0.3) is 5.82 Å². The fraction of sp³-hybridized carbons (Fsp3) is 0.167. The average Bonchev–Trinajstić information content (AvgIpc) is 3.42. The van der Waals surface area contributed by atoms with E-state index in [9.17, 15) is 12.8 Å². The molecule has 4 aromatic rings. The van der Waals surface area contributed by atoms with E-state index in [1.54, 1.807) is 35.0 Å². The first-order valence-electron chi connectivity index (χ1n) is 10.6. The number of hydrogen-bond donors (Lipinski definition) is 2. The van der Waals surface area contributed by atoms with E-state index in [0.29, 0.717) is 22.3 Å². The van der Waals surface area contributed by atoms with Gasteiger partial charge in [-0.05, 0) is 37.3 Å². The van der Waals surface area contributed by atoms with Gasteiger partial charge in [0.25, 0.3) is 10.1 Å². The first-order valence-corrected chi connectivity index (χ1v) is 12.4. The van der Waals surface area contributed by atoms with E-state index < -0.39 is 15.9 Å². The van der Waals surface area contributed by atoms with E-state index in [0.717, 1.165) is 24.3 Å². The number of aryl methyl sites for hydroxylation is 1. The molecule has 35 heavy (non-hydrogen) atoms. The summed E-state index contributed by atoms with van der Waals surface area (Å²) in [6.45, 7) is 3.52. The summed E-state index contributed by atoms with van der Waals surface area (Å²) in [5, 5.41) is 8.10. The summed E-state index contributed by atoms with van der Waals surface area (Å²) in [5.41, 5.74) is 3.59. The van der Waals surface area contributed by atoms with Crippen molar-refractivity contribution >= 4 is 21.7 Å². The van der Waals surface area contributed by atoms with E-state index in [1.165, 1.54) is 23.8 Å². The monoisotopic (exact) mass is 516 g/mol. The van der Waals surface area contributed by atoms with Crippen molar-refractivity contribution in [3.63, 3.8) is 0 Å². The lowest BCUT2D eigenvalue weighted by Gasteiger charge is -2.08. The van der Waals surface area contributed by atoms with Crippen molar-refractivity contribution in [3.05, 3.63) is 100 Å². The standard InChI is InChI=1S/C17H14ClFN4O.C7H8O3S/c18-13-5-4-11(14(19)6-13)10-24-17-3-1-2-16(21-17)23-9-12-7-20-8-15(12)22-23;1-6-2-4-7(5-3-6)11(8,9)10/h1-6,9,20H,7-8,10H2;2-5H,1H3,(H,8,9,10). The van der Waals surface area contributed by atoms with Crippen LogP contribution in [-0.4, -0.2) is 27.7 Å². The molecule has 3 heterocycles. The minimum Gasteiger partial charge on any atom is -0.473 e. The zero-order valence-corrected chi connectivity index (χ0v) is 20.2. The number of fused-ring (bicyclic) bond motifs is 1. The van der Waals surface area contributed by atoms with Crippen LogP contribution in [0.5, 0.6) is 5.88 Å². The Morgan fingerprint density at radius 3 is 2.60 bits per heavy atom. The zero-order chi connectivity index (χ0) is 25.0. The van der Waals surface area contributed by atoms with Crippen molar-refractivity contribution in [1.29, 1.82) is 0 Å². The topological polar surface area (TPSA) is 106 Å². The molecule has 0 bridgehead atoms. The lowest BCUT2D eigenvalue weighted by Crippen LogP contribution is -2.06. The molecule has 2 aromatic heterocycles. The van der Waals surface area contributed by atoms with Gasteiger partial charge in [-0.2, -0.15) is 18.5 Å². The van der Waals surface area contributed by atoms with E-state index in [1.807, 2.05) is 25.3 Å². The fourth-order valence-electron chi connectivity index (χ4n) is 3.29.